The molecule has 0 amide bonds. The Labute approximate surface area is 109 Å². The highest BCUT2D eigenvalue weighted by Crippen LogP contribution is 2.19. The van der Waals surface area contributed by atoms with Crippen LogP contribution in [0.1, 0.15) is 5.56 Å². The predicted octanol–water partition coefficient (Wildman–Crippen LogP) is 1.07. The molecule has 0 saturated carbocycles. The van der Waals surface area contributed by atoms with E-state index in [0.29, 0.717) is 0 Å². The van der Waals surface area contributed by atoms with Gasteiger partial charge in [0.05, 0.1) is 5.75 Å². The number of rotatable bonds is 6. The van der Waals surface area contributed by atoms with Crippen molar-refractivity contribution in [3.05, 3.63) is 35.9 Å². The van der Waals surface area contributed by atoms with Crippen molar-refractivity contribution >= 4 is 10.0 Å². The van der Waals surface area contributed by atoms with Crippen LogP contribution in [-0.2, 0) is 16.4 Å². The zero-order valence-electron chi connectivity index (χ0n) is 9.89. The lowest BCUT2D eigenvalue weighted by Gasteiger charge is -2.15. The molecule has 108 valence electrons. The fourth-order valence-electron chi connectivity index (χ4n) is 1.29. The van der Waals surface area contributed by atoms with Gasteiger partial charge in [0.2, 0.25) is 10.0 Å². The van der Waals surface area contributed by atoms with Crippen molar-refractivity contribution < 1.29 is 26.7 Å². The molecule has 4 nitrogen and oxygen atoms in total. The van der Waals surface area contributed by atoms with Gasteiger partial charge in [0, 0.05) is 6.54 Å². The Hall–Kier alpha value is -1.12. The van der Waals surface area contributed by atoms with E-state index in [1.807, 2.05) is 0 Å². The van der Waals surface area contributed by atoms with Crippen LogP contribution in [0.4, 0.5) is 13.2 Å². The van der Waals surface area contributed by atoms with Crippen molar-refractivity contribution in [1.29, 1.82) is 0 Å². The molecule has 8 heteroatoms. The number of hydrogen-bond donors (Lipinski definition) is 2. The third kappa shape index (κ3) is 6.04. The summed E-state index contributed by atoms with van der Waals surface area (Å²) in [4.78, 5) is 0. The molecule has 0 saturated heterocycles. The van der Waals surface area contributed by atoms with E-state index >= 15 is 0 Å². The molecular formula is C11H14F3NO3S. The van der Waals surface area contributed by atoms with Crippen molar-refractivity contribution in [2.24, 2.45) is 0 Å². The average Bonchev–Trinajstić information content (AvgIpc) is 2.34. The number of aliphatic hydroxyl groups excluding tert-OH is 1. The van der Waals surface area contributed by atoms with E-state index in [1.165, 1.54) is 0 Å². The minimum Gasteiger partial charge on any atom is -0.382 e. The minimum absolute atomic E-state index is 0.193. The second-order valence-electron chi connectivity index (χ2n) is 3.96. The number of alkyl halides is 3. The van der Waals surface area contributed by atoms with E-state index < -0.39 is 28.8 Å². The molecule has 19 heavy (non-hydrogen) atoms. The van der Waals surface area contributed by atoms with E-state index in [2.05, 4.69) is 0 Å². The first-order chi connectivity index (χ1) is 8.71. The third-order valence-corrected chi connectivity index (χ3v) is 3.72. The van der Waals surface area contributed by atoms with E-state index in [1.54, 1.807) is 35.1 Å². The maximum Gasteiger partial charge on any atom is 0.415 e. The summed E-state index contributed by atoms with van der Waals surface area (Å²) < 4.78 is 60.6. The summed E-state index contributed by atoms with van der Waals surface area (Å²) in [5.41, 5.74) is 0.768. The van der Waals surface area contributed by atoms with Gasteiger partial charge < -0.3 is 5.11 Å². The molecule has 1 aromatic carbocycles. The second kappa shape index (κ2) is 6.36. The molecule has 0 spiro atoms. The number of nitrogens with one attached hydrogen (secondary N) is 1. The van der Waals surface area contributed by atoms with Crippen LogP contribution in [-0.4, -0.2) is 38.1 Å². The van der Waals surface area contributed by atoms with E-state index in [-0.39, 0.29) is 12.2 Å². The average molecular weight is 297 g/mol. The summed E-state index contributed by atoms with van der Waals surface area (Å²) in [5.74, 6) is -0.332. The van der Waals surface area contributed by atoms with Crippen LogP contribution >= 0.6 is 0 Å². The van der Waals surface area contributed by atoms with Crippen LogP contribution in [0.5, 0.6) is 0 Å². The maximum atomic E-state index is 12.0. The quantitative estimate of drug-likeness (QED) is 0.825. The number of aryl methyl sites for hydroxylation is 1. The Bertz CT molecular complexity index is 488. The first kappa shape index (κ1) is 15.9. The second-order valence-corrected chi connectivity index (χ2v) is 5.89. The van der Waals surface area contributed by atoms with E-state index in [9.17, 15) is 21.6 Å². The lowest BCUT2D eigenvalue weighted by Crippen LogP contribution is -2.41. The number of sulfonamides is 1. The standard InChI is InChI=1S/C11H14F3NO3S/c12-11(13,14)10(16)8-15-19(17,18)7-6-9-4-2-1-3-5-9/h1-5,10,15-16H,6-8H2/t10-/m0/s1. The van der Waals surface area contributed by atoms with Gasteiger partial charge in [-0.2, -0.15) is 13.2 Å². The molecule has 2 N–H and O–H groups in total. The largest absolute Gasteiger partial charge is 0.415 e. The molecule has 0 fully saturated rings. The van der Waals surface area contributed by atoms with Gasteiger partial charge in [0.15, 0.2) is 6.10 Å². The van der Waals surface area contributed by atoms with Crippen LogP contribution in [0.2, 0.25) is 0 Å². The molecule has 0 bridgehead atoms. The maximum absolute atomic E-state index is 12.0. The Morgan fingerprint density at radius 1 is 1.21 bits per heavy atom. The smallest absolute Gasteiger partial charge is 0.382 e. The Morgan fingerprint density at radius 2 is 1.79 bits per heavy atom. The molecule has 0 radical (unpaired) electrons. The number of aliphatic hydroxyl groups is 1. The fraction of sp³-hybridized carbons (Fsp3) is 0.455. The first-order valence-corrected chi connectivity index (χ1v) is 7.12. The number of halogens is 3. The zero-order valence-corrected chi connectivity index (χ0v) is 10.7. The summed E-state index contributed by atoms with van der Waals surface area (Å²) >= 11 is 0. The number of hydrogen-bond acceptors (Lipinski definition) is 3. The van der Waals surface area contributed by atoms with Gasteiger partial charge in [0.1, 0.15) is 0 Å². The summed E-state index contributed by atoms with van der Waals surface area (Å²) in [6, 6.07) is 8.70. The van der Waals surface area contributed by atoms with Gasteiger partial charge >= 0.3 is 6.18 Å². The van der Waals surface area contributed by atoms with E-state index in [0.717, 1.165) is 5.56 Å². The van der Waals surface area contributed by atoms with E-state index in [4.69, 9.17) is 5.11 Å². The monoisotopic (exact) mass is 297 g/mol. The number of benzene rings is 1. The van der Waals surface area contributed by atoms with Gasteiger partial charge in [-0.15, -0.1) is 0 Å². The van der Waals surface area contributed by atoms with Crippen LogP contribution in [0.3, 0.4) is 0 Å². The Kier molecular flexibility index (Phi) is 5.33. The highest BCUT2D eigenvalue weighted by Gasteiger charge is 2.38. The molecule has 1 aromatic rings. The van der Waals surface area contributed by atoms with Crippen molar-refractivity contribution in [1.82, 2.24) is 4.72 Å². The van der Waals surface area contributed by atoms with Gasteiger partial charge in [-0.1, -0.05) is 30.3 Å². The normalized spacial score (nSPS) is 14.3. The molecule has 1 rings (SSSR count). The molecule has 0 unspecified atom stereocenters. The SMILES string of the molecule is O=S(=O)(CCc1ccccc1)NC[C@H](O)C(F)(F)F. The highest BCUT2D eigenvalue weighted by molar-refractivity contribution is 7.89. The van der Waals surface area contributed by atoms with Gasteiger partial charge in [-0.3, -0.25) is 0 Å². The summed E-state index contributed by atoms with van der Waals surface area (Å²) in [6.07, 6.45) is -7.33. The molecule has 0 heterocycles. The Balaban J connectivity index is 2.45. The van der Waals surface area contributed by atoms with Crippen molar-refractivity contribution in [3.8, 4) is 0 Å². The lowest BCUT2D eigenvalue weighted by molar-refractivity contribution is -0.200. The van der Waals surface area contributed by atoms with Crippen molar-refractivity contribution in [3.63, 3.8) is 0 Å². The van der Waals surface area contributed by atoms with Crippen LogP contribution in [0, 0.1) is 0 Å². The molecule has 0 aliphatic heterocycles. The molecule has 1 atom stereocenters. The molecule has 0 aromatic heterocycles. The fourth-order valence-corrected chi connectivity index (χ4v) is 2.35. The highest BCUT2D eigenvalue weighted by atomic mass is 32.2. The van der Waals surface area contributed by atoms with Gasteiger partial charge in [-0.05, 0) is 12.0 Å². The summed E-state index contributed by atoms with van der Waals surface area (Å²) in [7, 11) is -3.85. The molecular weight excluding hydrogens is 283 g/mol. The molecule has 0 aliphatic carbocycles. The zero-order chi connectivity index (χ0) is 14.5. The van der Waals surface area contributed by atoms with Gasteiger partial charge in [0.25, 0.3) is 0 Å². The van der Waals surface area contributed by atoms with Crippen LogP contribution < -0.4 is 4.72 Å². The molecule has 0 aliphatic rings. The van der Waals surface area contributed by atoms with Crippen molar-refractivity contribution in [2.45, 2.75) is 18.7 Å². The predicted molar refractivity (Wildman–Crippen MR) is 64.0 cm³/mol. The topological polar surface area (TPSA) is 66.4 Å². The first-order valence-electron chi connectivity index (χ1n) is 5.47. The minimum atomic E-state index is -4.83. The Morgan fingerprint density at radius 3 is 2.32 bits per heavy atom. The third-order valence-electron chi connectivity index (χ3n) is 2.38. The summed E-state index contributed by atoms with van der Waals surface area (Å²) in [5, 5.41) is 8.68. The van der Waals surface area contributed by atoms with Crippen molar-refractivity contribution in [2.75, 3.05) is 12.3 Å². The van der Waals surface area contributed by atoms with Crippen LogP contribution in [0.25, 0.3) is 0 Å². The lowest BCUT2D eigenvalue weighted by atomic mass is 10.2. The summed E-state index contributed by atoms with van der Waals surface area (Å²) in [6.45, 7) is -1.07. The van der Waals surface area contributed by atoms with Crippen LogP contribution in [0.15, 0.2) is 30.3 Å². The van der Waals surface area contributed by atoms with Gasteiger partial charge in [-0.25, -0.2) is 13.1 Å².